The van der Waals surface area contributed by atoms with Crippen LogP contribution in [0, 0.1) is 0 Å². The number of nitrogens with one attached hydrogen (secondary N) is 1. The van der Waals surface area contributed by atoms with Crippen molar-refractivity contribution in [2.45, 2.75) is 57.1 Å². The molecule has 0 spiro atoms. The average molecular weight is 540 g/mol. The van der Waals surface area contributed by atoms with Crippen molar-refractivity contribution in [3.05, 3.63) is 63.6 Å². The molecule has 2 aromatic rings. The van der Waals surface area contributed by atoms with Gasteiger partial charge in [-0.3, -0.25) is 14.4 Å². The number of carbonyl (C=O) groups excluding carboxylic acids is 3. The molecular formula is C24H27Cl2N3O5S. The van der Waals surface area contributed by atoms with Crippen LogP contribution < -0.4 is 5.32 Å². The number of halogens is 2. The van der Waals surface area contributed by atoms with E-state index in [9.17, 15) is 22.8 Å². The molecule has 1 N–H and O–H groups in total. The zero-order chi connectivity index (χ0) is 25.9. The Hall–Kier alpha value is -2.62. The number of benzene rings is 2. The Bertz CT molecular complexity index is 1230. The van der Waals surface area contributed by atoms with Crippen LogP contribution in [0.3, 0.4) is 0 Å². The predicted octanol–water partition coefficient (Wildman–Crippen LogP) is 3.86. The van der Waals surface area contributed by atoms with E-state index in [0.29, 0.717) is 26.3 Å². The standard InChI is InChI=1S/C24H27Cl2N3O5S/c1-4-15(2)27-23(31)16(3)28(14-18-19(25)9-7-10-20(18)26)22(30)12-13-29-24(32)17-8-5-6-11-21(17)35(29,33)34/h5-11,15-16H,4,12-14H2,1-3H3,(H,27,31)/t15-,16-/m1/s1. The van der Waals surface area contributed by atoms with Gasteiger partial charge in [0.25, 0.3) is 15.9 Å². The fraction of sp³-hybridized carbons (Fsp3) is 0.375. The lowest BCUT2D eigenvalue weighted by molar-refractivity contribution is -0.140. The lowest BCUT2D eigenvalue weighted by Crippen LogP contribution is -2.50. The van der Waals surface area contributed by atoms with Gasteiger partial charge in [0, 0.05) is 41.2 Å². The van der Waals surface area contributed by atoms with Gasteiger partial charge in [0.1, 0.15) is 10.9 Å². The number of hydrogen-bond donors (Lipinski definition) is 1. The van der Waals surface area contributed by atoms with E-state index in [1.807, 2.05) is 13.8 Å². The summed E-state index contributed by atoms with van der Waals surface area (Å²) in [6, 6.07) is 9.83. The normalized spacial score (nSPS) is 15.9. The lowest BCUT2D eigenvalue weighted by Gasteiger charge is -2.30. The van der Waals surface area contributed by atoms with Gasteiger partial charge in [-0.1, -0.05) is 48.3 Å². The van der Waals surface area contributed by atoms with Crippen molar-refractivity contribution in [1.29, 1.82) is 0 Å². The molecule has 0 aliphatic carbocycles. The van der Waals surface area contributed by atoms with Crippen LogP contribution in [0.1, 0.15) is 49.5 Å². The summed E-state index contributed by atoms with van der Waals surface area (Å²) in [7, 11) is -4.05. The maximum Gasteiger partial charge on any atom is 0.269 e. The van der Waals surface area contributed by atoms with Crippen molar-refractivity contribution in [3.63, 3.8) is 0 Å². The Morgan fingerprint density at radius 3 is 2.29 bits per heavy atom. The molecule has 0 saturated carbocycles. The van der Waals surface area contributed by atoms with Crippen molar-refractivity contribution >= 4 is 50.9 Å². The molecule has 0 unspecified atom stereocenters. The summed E-state index contributed by atoms with van der Waals surface area (Å²) in [5.74, 6) is -1.57. The van der Waals surface area contributed by atoms with E-state index < -0.39 is 27.9 Å². The fourth-order valence-electron chi connectivity index (χ4n) is 3.69. The Morgan fingerprint density at radius 1 is 1.06 bits per heavy atom. The van der Waals surface area contributed by atoms with E-state index in [0.717, 1.165) is 0 Å². The van der Waals surface area contributed by atoms with Crippen LogP contribution in [0.15, 0.2) is 47.4 Å². The van der Waals surface area contributed by atoms with E-state index in [1.54, 1.807) is 31.2 Å². The molecule has 1 aliphatic rings. The first-order chi connectivity index (χ1) is 16.5. The topological polar surface area (TPSA) is 104 Å². The molecule has 0 aromatic heterocycles. The first-order valence-electron chi connectivity index (χ1n) is 11.2. The van der Waals surface area contributed by atoms with E-state index in [1.165, 1.54) is 23.1 Å². The molecule has 3 rings (SSSR count). The van der Waals surface area contributed by atoms with Crippen molar-refractivity contribution in [1.82, 2.24) is 14.5 Å². The minimum absolute atomic E-state index is 0.0621. The summed E-state index contributed by atoms with van der Waals surface area (Å²) in [6.07, 6.45) is 0.389. The third kappa shape index (κ3) is 5.63. The number of fused-ring (bicyclic) bond motifs is 1. The number of hydrogen-bond acceptors (Lipinski definition) is 5. The van der Waals surface area contributed by atoms with Crippen LogP contribution in [-0.4, -0.2) is 54.0 Å². The van der Waals surface area contributed by atoms with E-state index in [2.05, 4.69) is 5.32 Å². The van der Waals surface area contributed by atoms with E-state index >= 15 is 0 Å². The third-order valence-electron chi connectivity index (χ3n) is 6.00. The first-order valence-corrected chi connectivity index (χ1v) is 13.4. The van der Waals surface area contributed by atoms with E-state index in [-0.39, 0.29) is 41.9 Å². The Morgan fingerprint density at radius 2 is 1.69 bits per heavy atom. The van der Waals surface area contributed by atoms with Gasteiger partial charge in [-0.05, 0) is 44.5 Å². The first kappa shape index (κ1) is 27.0. The second-order valence-electron chi connectivity index (χ2n) is 8.34. The van der Waals surface area contributed by atoms with Gasteiger partial charge >= 0.3 is 0 Å². The molecule has 35 heavy (non-hydrogen) atoms. The monoisotopic (exact) mass is 539 g/mol. The number of nitrogens with zero attached hydrogens (tertiary/aromatic N) is 2. The van der Waals surface area contributed by atoms with Gasteiger partial charge in [-0.2, -0.15) is 0 Å². The van der Waals surface area contributed by atoms with Crippen molar-refractivity contribution < 1.29 is 22.8 Å². The number of rotatable bonds is 9. The summed E-state index contributed by atoms with van der Waals surface area (Å²) in [5, 5.41) is 3.51. The van der Waals surface area contributed by atoms with Crippen LogP contribution in [-0.2, 0) is 26.2 Å². The van der Waals surface area contributed by atoms with Crippen LogP contribution in [0.25, 0.3) is 0 Å². The van der Waals surface area contributed by atoms with Gasteiger partial charge in [0.15, 0.2) is 0 Å². The van der Waals surface area contributed by atoms with Gasteiger partial charge in [-0.25, -0.2) is 12.7 Å². The molecular weight excluding hydrogens is 513 g/mol. The Balaban J connectivity index is 1.84. The number of carbonyl (C=O) groups is 3. The predicted molar refractivity (Wildman–Crippen MR) is 134 cm³/mol. The average Bonchev–Trinajstić information content (AvgIpc) is 3.02. The van der Waals surface area contributed by atoms with Crippen LogP contribution in [0.2, 0.25) is 10.0 Å². The van der Waals surface area contributed by atoms with Crippen LogP contribution >= 0.6 is 23.2 Å². The molecule has 8 nitrogen and oxygen atoms in total. The summed E-state index contributed by atoms with van der Waals surface area (Å²) in [4.78, 5) is 40.1. The molecule has 2 atom stereocenters. The second-order valence-corrected chi connectivity index (χ2v) is 11.0. The molecule has 1 heterocycles. The molecule has 0 radical (unpaired) electrons. The molecule has 0 fully saturated rings. The Labute approximate surface area is 215 Å². The second kappa shape index (κ2) is 11.0. The lowest BCUT2D eigenvalue weighted by atomic mass is 10.1. The van der Waals surface area contributed by atoms with Crippen molar-refractivity contribution in [3.8, 4) is 0 Å². The molecule has 0 saturated heterocycles. The minimum atomic E-state index is -4.05. The highest BCUT2D eigenvalue weighted by atomic mass is 35.5. The van der Waals surface area contributed by atoms with Crippen LogP contribution in [0.5, 0.6) is 0 Å². The zero-order valence-electron chi connectivity index (χ0n) is 19.6. The molecule has 0 bridgehead atoms. The smallest absolute Gasteiger partial charge is 0.269 e. The molecule has 1 aliphatic heterocycles. The maximum atomic E-state index is 13.3. The summed E-state index contributed by atoms with van der Waals surface area (Å²) in [6.45, 7) is 4.93. The maximum absolute atomic E-state index is 13.3. The largest absolute Gasteiger partial charge is 0.352 e. The van der Waals surface area contributed by atoms with Gasteiger partial charge in [0.05, 0.1) is 5.56 Å². The SMILES string of the molecule is CC[C@@H](C)NC(=O)[C@@H](C)N(Cc1c(Cl)cccc1Cl)C(=O)CCN1C(=O)c2ccccc2S1(=O)=O. The van der Waals surface area contributed by atoms with Gasteiger partial charge < -0.3 is 10.2 Å². The quantitative estimate of drug-likeness (QED) is 0.520. The Kier molecular flexibility index (Phi) is 8.46. The summed E-state index contributed by atoms with van der Waals surface area (Å²) in [5.41, 5.74) is 0.533. The van der Waals surface area contributed by atoms with Crippen LogP contribution in [0.4, 0.5) is 0 Å². The minimum Gasteiger partial charge on any atom is -0.352 e. The van der Waals surface area contributed by atoms with Gasteiger partial charge in [0.2, 0.25) is 11.8 Å². The summed E-state index contributed by atoms with van der Waals surface area (Å²) >= 11 is 12.6. The fourth-order valence-corrected chi connectivity index (χ4v) is 5.78. The highest BCUT2D eigenvalue weighted by Gasteiger charge is 2.41. The van der Waals surface area contributed by atoms with Crippen molar-refractivity contribution in [2.75, 3.05) is 6.54 Å². The number of amides is 3. The number of sulfonamides is 1. The van der Waals surface area contributed by atoms with Crippen molar-refractivity contribution in [2.24, 2.45) is 0 Å². The van der Waals surface area contributed by atoms with Gasteiger partial charge in [-0.15, -0.1) is 0 Å². The van der Waals surface area contributed by atoms with E-state index in [4.69, 9.17) is 23.2 Å². The molecule has 3 amide bonds. The highest BCUT2D eigenvalue weighted by Crippen LogP contribution is 2.31. The third-order valence-corrected chi connectivity index (χ3v) is 8.55. The molecule has 188 valence electrons. The zero-order valence-corrected chi connectivity index (χ0v) is 22.0. The summed E-state index contributed by atoms with van der Waals surface area (Å²) < 4.78 is 26.4. The molecule has 11 heteroatoms. The highest BCUT2D eigenvalue weighted by molar-refractivity contribution is 7.90. The molecule has 2 aromatic carbocycles.